The first-order valence-electron chi connectivity index (χ1n) is 4.44. The van der Waals surface area contributed by atoms with E-state index in [4.69, 9.17) is 0 Å². The van der Waals surface area contributed by atoms with Gasteiger partial charge in [0, 0.05) is 24.7 Å². The average Bonchev–Trinajstić information content (AvgIpc) is 2.31. The summed E-state index contributed by atoms with van der Waals surface area (Å²) in [5.74, 6) is 0.0797. The van der Waals surface area contributed by atoms with Crippen LogP contribution in [0.15, 0.2) is 43.0 Å². The molecule has 15 heavy (non-hydrogen) atoms. The van der Waals surface area contributed by atoms with Gasteiger partial charge in [-0.25, -0.2) is 0 Å². The minimum Gasteiger partial charge on any atom is -0.506 e. The standard InChI is InChI=1S/C11H9N3O/c15-11(10-3-1-2-4-14-10)7-9-8-12-5-6-13-9/h1-8,15H/b11-7+. The zero-order chi connectivity index (χ0) is 10.5. The number of aliphatic hydroxyl groups excluding tert-OH is 1. The van der Waals surface area contributed by atoms with Crippen LogP contribution in [0.4, 0.5) is 0 Å². The summed E-state index contributed by atoms with van der Waals surface area (Å²) in [5, 5.41) is 9.70. The lowest BCUT2D eigenvalue weighted by molar-refractivity contribution is 0.512. The smallest absolute Gasteiger partial charge is 0.143 e. The lowest BCUT2D eigenvalue weighted by Crippen LogP contribution is -1.88. The Morgan fingerprint density at radius 2 is 2.07 bits per heavy atom. The van der Waals surface area contributed by atoms with Crippen LogP contribution in [0, 0.1) is 0 Å². The Morgan fingerprint density at radius 1 is 1.13 bits per heavy atom. The topological polar surface area (TPSA) is 58.9 Å². The molecule has 2 aromatic heterocycles. The highest BCUT2D eigenvalue weighted by Crippen LogP contribution is 2.10. The molecular weight excluding hydrogens is 190 g/mol. The summed E-state index contributed by atoms with van der Waals surface area (Å²) in [5.41, 5.74) is 1.11. The second-order valence-electron chi connectivity index (χ2n) is 2.87. The molecule has 2 heterocycles. The van der Waals surface area contributed by atoms with Crippen LogP contribution in [-0.4, -0.2) is 20.1 Å². The third-order valence-corrected chi connectivity index (χ3v) is 1.80. The maximum atomic E-state index is 9.70. The highest BCUT2D eigenvalue weighted by Gasteiger charge is 1.99. The Bertz CT molecular complexity index is 454. The molecule has 1 N–H and O–H groups in total. The maximum Gasteiger partial charge on any atom is 0.143 e. The monoisotopic (exact) mass is 199 g/mol. The molecule has 0 aliphatic heterocycles. The van der Waals surface area contributed by atoms with E-state index < -0.39 is 0 Å². The normalized spacial score (nSPS) is 11.3. The molecular formula is C11H9N3O. The quantitative estimate of drug-likeness (QED) is 0.751. The predicted molar refractivity (Wildman–Crippen MR) is 56.8 cm³/mol. The number of aliphatic hydroxyl groups is 1. The van der Waals surface area contributed by atoms with Gasteiger partial charge in [-0.2, -0.15) is 0 Å². The molecule has 2 aromatic rings. The van der Waals surface area contributed by atoms with Crippen molar-refractivity contribution >= 4 is 11.8 Å². The van der Waals surface area contributed by atoms with Crippen molar-refractivity contribution in [3.8, 4) is 0 Å². The lowest BCUT2D eigenvalue weighted by atomic mass is 10.2. The first kappa shape index (κ1) is 9.33. The van der Waals surface area contributed by atoms with Gasteiger partial charge in [-0.1, -0.05) is 6.07 Å². The van der Waals surface area contributed by atoms with Gasteiger partial charge in [-0.15, -0.1) is 0 Å². The van der Waals surface area contributed by atoms with Crippen LogP contribution < -0.4 is 0 Å². The molecule has 74 valence electrons. The fourth-order valence-electron chi connectivity index (χ4n) is 1.11. The molecule has 0 radical (unpaired) electrons. The number of hydrogen-bond acceptors (Lipinski definition) is 4. The van der Waals surface area contributed by atoms with Gasteiger partial charge in [0.05, 0.1) is 11.9 Å². The molecule has 0 atom stereocenters. The summed E-state index contributed by atoms with van der Waals surface area (Å²) in [6, 6.07) is 5.32. The third-order valence-electron chi connectivity index (χ3n) is 1.80. The van der Waals surface area contributed by atoms with Crippen LogP contribution in [0.5, 0.6) is 0 Å². The van der Waals surface area contributed by atoms with Crippen molar-refractivity contribution in [2.24, 2.45) is 0 Å². The summed E-state index contributed by atoms with van der Waals surface area (Å²) in [4.78, 5) is 11.9. The van der Waals surface area contributed by atoms with Crippen molar-refractivity contribution in [2.45, 2.75) is 0 Å². The van der Waals surface area contributed by atoms with Gasteiger partial charge in [0.2, 0.25) is 0 Å². The Labute approximate surface area is 87.0 Å². The third kappa shape index (κ3) is 2.37. The Hall–Kier alpha value is -2.23. The zero-order valence-electron chi connectivity index (χ0n) is 7.91. The van der Waals surface area contributed by atoms with Gasteiger partial charge in [-0.05, 0) is 12.1 Å². The number of hydrogen-bond donors (Lipinski definition) is 1. The summed E-state index contributed by atoms with van der Waals surface area (Å²) in [7, 11) is 0. The molecule has 0 bridgehead atoms. The first-order valence-corrected chi connectivity index (χ1v) is 4.44. The number of aromatic nitrogens is 3. The lowest BCUT2D eigenvalue weighted by Gasteiger charge is -1.97. The fourth-order valence-corrected chi connectivity index (χ4v) is 1.11. The van der Waals surface area contributed by atoms with Crippen LogP contribution in [0.25, 0.3) is 11.8 Å². The van der Waals surface area contributed by atoms with E-state index in [-0.39, 0.29) is 5.76 Å². The molecule has 4 nitrogen and oxygen atoms in total. The van der Waals surface area contributed by atoms with E-state index in [9.17, 15) is 5.11 Å². The molecule has 0 saturated heterocycles. The van der Waals surface area contributed by atoms with Gasteiger partial charge in [0.25, 0.3) is 0 Å². The Balaban J connectivity index is 2.29. The van der Waals surface area contributed by atoms with Crippen LogP contribution in [0.2, 0.25) is 0 Å². The van der Waals surface area contributed by atoms with Gasteiger partial charge in [0.1, 0.15) is 11.5 Å². The van der Waals surface area contributed by atoms with Crippen LogP contribution >= 0.6 is 0 Å². The summed E-state index contributed by atoms with van der Waals surface area (Å²) < 4.78 is 0. The van der Waals surface area contributed by atoms with Crippen LogP contribution in [0.3, 0.4) is 0 Å². The van der Waals surface area contributed by atoms with E-state index in [2.05, 4.69) is 15.0 Å². The van der Waals surface area contributed by atoms with Crippen molar-refractivity contribution in [1.29, 1.82) is 0 Å². The molecule has 0 saturated carbocycles. The molecule has 0 spiro atoms. The fraction of sp³-hybridized carbons (Fsp3) is 0. The van der Waals surface area contributed by atoms with Gasteiger partial charge in [-0.3, -0.25) is 15.0 Å². The molecule has 2 rings (SSSR count). The van der Waals surface area contributed by atoms with Crippen molar-refractivity contribution in [3.63, 3.8) is 0 Å². The molecule has 4 heteroatoms. The maximum absolute atomic E-state index is 9.70. The molecule has 0 amide bonds. The van der Waals surface area contributed by atoms with E-state index >= 15 is 0 Å². The number of rotatable bonds is 2. The van der Waals surface area contributed by atoms with Gasteiger partial charge < -0.3 is 5.11 Å². The highest BCUT2D eigenvalue weighted by atomic mass is 16.3. The molecule has 0 aromatic carbocycles. The number of nitrogens with zero attached hydrogens (tertiary/aromatic N) is 3. The van der Waals surface area contributed by atoms with E-state index in [0.717, 1.165) is 0 Å². The van der Waals surface area contributed by atoms with Crippen LogP contribution in [0.1, 0.15) is 11.4 Å². The minimum absolute atomic E-state index is 0.0797. The van der Waals surface area contributed by atoms with Gasteiger partial charge in [0.15, 0.2) is 0 Å². The second kappa shape index (κ2) is 4.32. The van der Waals surface area contributed by atoms with Crippen molar-refractivity contribution in [2.75, 3.05) is 0 Å². The first-order chi connectivity index (χ1) is 7.36. The minimum atomic E-state index is 0.0797. The molecule has 0 aliphatic rings. The molecule has 0 unspecified atom stereocenters. The molecule has 0 aliphatic carbocycles. The predicted octanol–water partition coefficient (Wildman–Crippen LogP) is 1.93. The summed E-state index contributed by atoms with van der Waals surface area (Å²) in [6.07, 6.45) is 7.86. The second-order valence-corrected chi connectivity index (χ2v) is 2.87. The molecule has 0 fully saturated rings. The van der Waals surface area contributed by atoms with E-state index in [1.165, 1.54) is 6.08 Å². The van der Waals surface area contributed by atoms with Crippen molar-refractivity contribution < 1.29 is 5.11 Å². The SMILES string of the molecule is O/C(=C/c1cnccn1)c1ccccn1. The van der Waals surface area contributed by atoms with E-state index in [0.29, 0.717) is 11.4 Å². The highest BCUT2D eigenvalue weighted by molar-refractivity contribution is 5.72. The zero-order valence-corrected chi connectivity index (χ0v) is 7.91. The largest absolute Gasteiger partial charge is 0.506 e. The Kier molecular flexibility index (Phi) is 2.69. The van der Waals surface area contributed by atoms with E-state index in [1.807, 2.05) is 6.07 Å². The van der Waals surface area contributed by atoms with Crippen molar-refractivity contribution in [1.82, 2.24) is 15.0 Å². The average molecular weight is 199 g/mol. The van der Waals surface area contributed by atoms with E-state index in [1.54, 1.807) is 36.9 Å². The number of pyridine rings is 1. The summed E-state index contributed by atoms with van der Waals surface area (Å²) in [6.45, 7) is 0. The van der Waals surface area contributed by atoms with Gasteiger partial charge >= 0.3 is 0 Å². The Morgan fingerprint density at radius 3 is 2.73 bits per heavy atom. The summed E-state index contributed by atoms with van der Waals surface area (Å²) >= 11 is 0. The van der Waals surface area contributed by atoms with Crippen LogP contribution in [-0.2, 0) is 0 Å². The van der Waals surface area contributed by atoms with Crippen molar-refractivity contribution in [3.05, 3.63) is 54.4 Å².